The van der Waals surface area contributed by atoms with E-state index in [2.05, 4.69) is 10.1 Å². The largest absolute Gasteiger partial charge is 0.491 e. The summed E-state index contributed by atoms with van der Waals surface area (Å²) < 4.78 is 13.6. The summed E-state index contributed by atoms with van der Waals surface area (Å²) >= 11 is 0. The van der Waals surface area contributed by atoms with Gasteiger partial charge in [-0.1, -0.05) is 18.2 Å². The monoisotopic (exact) mass is 412 g/mol. The van der Waals surface area contributed by atoms with Crippen LogP contribution in [0.4, 0.5) is 5.69 Å². The van der Waals surface area contributed by atoms with E-state index in [9.17, 15) is 4.79 Å². The molecule has 3 heterocycles. The Hall–Kier alpha value is -4.13. The smallest absolute Gasteiger partial charge is 0.262 e. The summed E-state index contributed by atoms with van der Waals surface area (Å²) in [4.78, 5) is 19.4. The molecule has 4 aromatic rings. The van der Waals surface area contributed by atoms with Crippen LogP contribution >= 0.6 is 0 Å². The summed E-state index contributed by atoms with van der Waals surface area (Å²) in [6.45, 7) is 0.902. The molecule has 1 aliphatic heterocycles. The Kier molecular flexibility index (Phi) is 4.84. The number of anilines is 1. The minimum Gasteiger partial charge on any atom is -0.491 e. The standard InChI is InChI=1S/C24H20N4O3/c1-27-16-17(15-26-27)22-14-20(9-10-25-22)31-19-7-8-23-21(13-19)24(29)28(11-12-30-23)18-5-3-2-4-6-18/h2-10,13-16H,11-12H2,1H3. The van der Waals surface area contributed by atoms with Gasteiger partial charge in [0.05, 0.1) is 24.0 Å². The van der Waals surface area contributed by atoms with Gasteiger partial charge in [-0.25, -0.2) is 0 Å². The van der Waals surface area contributed by atoms with Crippen LogP contribution in [0.3, 0.4) is 0 Å². The van der Waals surface area contributed by atoms with Gasteiger partial charge in [-0.15, -0.1) is 0 Å². The number of aryl methyl sites for hydroxylation is 1. The Labute approximate surface area is 179 Å². The maximum absolute atomic E-state index is 13.3. The Morgan fingerprint density at radius 3 is 2.68 bits per heavy atom. The van der Waals surface area contributed by atoms with Crippen molar-refractivity contribution < 1.29 is 14.3 Å². The molecule has 0 atom stereocenters. The molecule has 7 nitrogen and oxygen atoms in total. The summed E-state index contributed by atoms with van der Waals surface area (Å²) in [6.07, 6.45) is 5.33. The van der Waals surface area contributed by atoms with Crippen LogP contribution in [-0.4, -0.2) is 33.8 Å². The van der Waals surface area contributed by atoms with Gasteiger partial charge in [0.25, 0.3) is 5.91 Å². The summed E-state index contributed by atoms with van der Waals surface area (Å²) in [5, 5.41) is 4.18. The van der Waals surface area contributed by atoms with Gasteiger partial charge < -0.3 is 14.4 Å². The Morgan fingerprint density at radius 2 is 1.87 bits per heavy atom. The fourth-order valence-corrected chi connectivity index (χ4v) is 3.54. The quantitative estimate of drug-likeness (QED) is 0.500. The maximum Gasteiger partial charge on any atom is 0.262 e. The third-order valence-corrected chi connectivity index (χ3v) is 5.03. The predicted molar refractivity (Wildman–Crippen MR) is 117 cm³/mol. The average Bonchev–Trinajstić information content (AvgIpc) is 3.17. The van der Waals surface area contributed by atoms with Crippen LogP contribution in [0.5, 0.6) is 17.2 Å². The molecule has 31 heavy (non-hydrogen) atoms. The number of hydrogen-bond donors (Lipinski definition) is 0. The first-order valence-corrected chi connectivity index (χ1v) is 9.94. The number of rotatable bonds is 4. The number of amides is 1. The highest BCUT2D eigenvalue weighted by Crippen LogP contribution is 2.32. The molecule has 0 fully saturated rings. The van der Waals surface area contributed by atoms with Crippen molar-refractivity contribution in [3.8, 4) is 28.5 Å². The molecule has 0 saturated heterocycles. The van der Waals surface area contributed by atoms with E-state index in [1.165, 1.54) is 0 Å². The van der Waals surface area contributed by atoms with E-state index < -0.39 is 0 Å². The highest BCUT2D eigenvalue weighted by atomic mass is 16.5. The van der Waals surface area contributed by atoms with Crippen molar-refractivity contribution in [1.82, 2.24) is 14.8 Å². The molecule has 1 aliphatic rings. The number of para-hydroxylation sites is 1. The highest BCUT2D eigenvalue weighted by molar-refractivity contribution is 6.08. The second-order valence-electron chi connectivity index (χ2n) is 7.18. The van der Waals surface area contributed by atoms with Crippen molar-refractivity contribution in [2.24, 2.45) is 7.05 Å². The zero-order valence-corrected chi connectivity index (χ0v) is 16.9. The first-order valence-electron chi connectivity index (χ1n) is 9.94. The van der Waals surface area contributed by atoms with Gasteiger partial charge >= 0.3 is 0 Å². The fourth-order valence-electron chi connectivity index (χ4n) is 3.54. The SMILES string of the molecule is Cn1cc(-c2cc(Oc3ccc4c(c3)C(=O)N(c3ccccc3)CCO4)ccn2)cn1. The summed E-state index contributed by atoms with van der Waals surface area (Å²) in [5.74, 6) is 1.61. The van der Waals surface area contributed by atoms with Gasteiger partial charge in [-0.3, -0.25) is 14.5 Å². The van der Waals surface area contributed by atoms with E-state index in [1.807, 2.05) is 49.6 Å². The Morgan fingerprint density at radius 1 is 1.03 bits per heavy atom. The number of nitrogens with zero attached hydrogens (tertiary/aromatic N) is 4. The number of carbonyl (C=O) groups is 1. The molecule has 0 radical (unpaired) electrons. The van der Waals surface area contributed by atoms with E-state index in [0.717, 1.165) is 16.9 Å². The van der Waals surface area contributed by atoms with E-state index in [-0.39, 0.29) is 5.91 Å². The fraction of sp³-hybridized carbons (Fsp3) is 0.125. The van der Waals surface area contributed by atoms with Crippen LogP contribution in [0.25, 0.3) is 11.3 Å². The normalized spacial score (nSPS) is 13.3. The van der Waals surface area contributed by atoms with Crippen molar-refractivity contribution in [3.63, 3.8) is 0 Å². The number of carbonyl (C=O) groups excluding carboxylic acids is 1. The number of benzene rings is 2. The van der Waals surface area contributed by atoms with E-state index >= 15 is 0 Å². The van der Waals surface area contributed by atoms with Gasteiger partial charge in [0.1, 0.15) is 23.9 Å². The average molecular weight is 412 g/mol. The first-order chi connectivity index (χ1) is 15.2. The lowest BCUT2D eigenvalue weighted by Crippen LogP contribution is -2.32. The lowest BCUT2D eigenvalue weighted by molar-refractivity contribution is 0.0989. The topological polar surface area (TPSA) is 69.5 Å². The molecule has 0 aliphatic carbocycles. The van der Waals surface area contributed by atoms with E-state index in [0.29, 0.717) is 36.0 Å². The Balaban J connectivity index is 1.43. The number of fused-ring (bicyclic) bond motifs is 1. The molecule has 7 heteroatoms. The molecule has 0 spiro atoms. The van der Waals surface area contributed by atoms with Crippen molar-refractivity contribution >= 4 is 11.6 Å². The molecular formula is C24H20N4O3. The maximum atomic E-state index is 13.3. The Bertz CT molecular complexity index is 1240. The molecule has 1 amide bonds. The number of ether oxygens (including phenoxy) is 2. The summed E-state index contributed by atoms with van der Waals surface area (Å²) in [5.41, 5.74) is 2.97. The van der Waals surface area contributed by atoms with Gasteiger partial charge in [0.15, 0.2) is 0 Å². The van der Waals surface area contributed by atoms with Gasteiger partial charge in [-0.2, -0.15) is 5.10 Å². The van der Waals surface area contributed by atoms with Crippen LogP contribution in [0.15, 0.2) is 79.3 Å². The first kappa shape index (κ1) is 18.9. The van der Waals surface area contributed by atoms with Gasteiger partial charge in [0, 0.05) is 36.8 Å². The van der Waals surface area contributed by atoms with Crippen LogP contribution in [0.2, 0.25) is 0 Å². The van der Waals surface area contributed by atoms with E-state index in [4.69, 9.17) is 9.47 Å². The van der Waals surface area contributed by atoms with Gasteiger partial charge in [-0.05, 0) is 36.4 Å². The summed E-state index contributed by atoms with van der Waals surface area (Å²) in [6, 6.07) is 18.5. The minimum atomic E-state index is -0.116. The molecule has 2 aromatic heterocycles. The second kappa shape index (κ2) is 7.95. The zero-order chi connectivity index (χ0) is 21.2. The molecule has 0 N–H and O–H groups in total. The van der Waals surface area contributed by atoms with Crippen molar-refractivity contribution in [2.45, 2.75) is 0 Å². The van der Waals surface area contributed by atoms with Crippen LogP contribution in [0.1, 0.15) is 10.4 Å². The second-order valence-corrected chi connectivity index (χ2v) is 7.18. The number of aromatic nitrogens is 3. The van der Waals surface area contributed by atoms with Gasteiger partial charge in [0.2, 0.25) is 0 Å². The molecule has 154 valence electrons. The van der Waals surface area contributed by atoms with Crippen LogP contribution in [0, 0.1) is 0 Å². The summed E-state index contributed by atoms with van der Waals surface area (Å²) in [7, 11) is 1.86. The molecule has 0 bridgehead atoms. The van der Waals surface area contributed by atoms with Crippen molar-refractivity contribution in [3.05, 3.63) is 84.8 Å². The molecule has 2 aromatic carbocycles. The molecule has 5 rings (SSSR count). The van der Waals surface area contributed by atoms with Crippen LogP contribution in [-0.2, 0) is 7.05 Å². The molecular weight excluding hydrogens is 392 g/mol. The highest BCUT2D eigenvalue weighted by Gasteiger charge is 2.25. The number of hydrogen-bond acceptors (Lipinski definition) is 5. The third kappa shape index (κ3) is 3.85. The van der Waals surface area contributed by atoms with E-state index in [1.54, 1.807) is 46.2 Å². The molecule has 0 unspecified atom stereocenters. The van der Waals surface area contributed by atoms with Crippen molar-refractivity contribution in [1.29, 1.82) is 0 Å². The lowest BCUT2D eigenvalue weighted by Gasteiger charge is -2.20. The van der Waals surface area contributed by atoms with Crippen molar-refractivity contribution in [2.75, 3.05) is 18.1 Å². The predicted octanol–water partition coefficient (Wildman–Crippen LogP) is 4.31. The third-order valence-electron chi connectivity index (χ3n) is 5.03. The van der Waals surface area contributed by atoms with Crippen LogP contribution < -0.4 is 14.4 Å². The lowest BCUT2D eigenvalue weighted by atomic mass is 10.1. The zero-order valence-electron chi connectivity index (χ0n) is 16.9. The number of pyridine rings is 1. The molecule has 0 saturated carbocycles. The minimum absolute atomic E-state index is 0.116.